The Balaban J connectivity index is 2.13. The van der Waals surface area contributed by atoms with Crippen LogP contribution in [-0.4, -0.2) is 11.9 Å². The fourth-order valence-electron chi connectivity index (χ4n) is 2.94. The van der Waals surface area contributed by atoms with Gasteiger partial charge in [-0.2, -0.15) is 0 Å². The van der Waals surface area contributed by atoms with Crippen LogP contribution in [0.3, 0.4) is 0 Å². The second-order valence-corrected chi connectivity index (χ2v) is 5.00. The van der Waals surface area contributed by atoms with Crippen LogP contribution in [-0.2, 0) is 10.3 Å². The van der Waals surface area contributed by atoms with Crippen LogP contribution in [0.25, 0.3) is 0 Å². The number of carbonyl (C=O) groups is 2. The zero-order valence-electron chi connectivity index (χ0n) is 10.6. The molecule has 0 spiro atoms. The molecule has 1 aliphatic heterocycles. The van der Waals surface area contributed by atoms with Gasteiger partial charge in [-0.25, -0.2) is 4.79 Å². The summed E-state index contributed by atoms with van der Waals surface area (Å²) in [6.07, 6.45) is 6.12. The first-order valence-corrected chi connectivity index (χ1v) is 6.62. The minimum Gasteiger partial charge on any atom is -0.316 e. The Labute approximate surface area is 111 Å². The lowest BCUT2D eigenvalue weighted by molar-refractivity contribution is -0.123. The number of benzene rings is 1. The van der Waals surface area contributed by atoms with Crippen LogP contribution >= 0.6 is 0 Å². The van der Waals surface area contributed by atoms with Crippen molar-refractivity contribution in [3.63, 3.8) is 0 Å². The van der Waals surface area contributed by atoms with Gasteiger partial charge in [0.1, 0.15) is 0 Å². The molecule has 98 valence electrons. The Hall–Kier alpha value is -2.10. The SMILES string of the molecule is O=C1NC(=O)C(C2=CCCCC2)(c2ccccc2)N1. The maximum atomic E-state index is 12.4. The maximum Gasteiger partial charge on any atom is 0.322 e. The minimum absolute atomic E-state index is 0.267. The highest BCUT2D eigenvalue weighted by Crippen LogP contribution is 2.37. The van der Waals surface area contributed by atoms with Crippen molar-refractivity contribution in [2.24, 2.45) is 0 Å². The first-order valence-electron chi connectivity index (χ1n) is 6.62. The van der Waals surface area contributed by atoms with Crippen LogP contribution in [0.15, 0.2) is 42.0 Å². The highest BCUT2D eigenvalue weighted by atomic mass is 16.2. The number of rotatable bonds is 2. The summed E-state index contributed by atoms with van der Waals surface area (Å²) in [6, 6.07) is 9.04. The van der Waals surface area contributed by atoms with Gasteiger partial charge in [0.05, 0.1) is 0 Å². The summed E-state index contributed by atoms with van der Waals surface area (Å²) in [4.78, 5) is 24.0. The molecule has 0 saturated carbocycles. The maximum absolute atomic E-state index is 12.4. The predicted octanol–water partition coefficient (Wildman–Crippen LogP) is 2.22. The van der Waals surface area contributed by atoms with Crippen LogP contribution in [0.1, 0.15) is 31.2 Å². The zero-order chi connectivity index (χ0) is 13.3. The van der Waals surface area contributed by atoms with Crippen molar-refractivity contribution >= 4 is 11.9 Å². The molecule has 0 radical (unpaired) electrons. The molecule has 1 unspecified atom stereocenters. The summed E-state index contributed by atoms with van der Waals surface area (Å²) in [5.74, 6) is -0.267. The van der Waals surface area contributed by atoms with E-state index in [1.807, 2.05) is 30.3 Å². The largest absolute Gasteiger partial charge is 0.322 e. The van der Waals surface area contributed by atoms with E-state index in [-0.39, 0.29) is 5.91 Å². The highest BCUT2D eigenvalue weighted by molar-refractivity contribution is 6.09. The van der Waals surface area contributed by atoms with Crippen molar-refractivity contribution < 1.29 is 9.59 Å². The van der Waals surface area contributed by atoms with Gasteiger partial charge in [0.25, 0.3) is 5.91 Å². The molecule has 1 aromatic rings. The third-order valence-corrected chi connectivity index (χ3v) is 3.85. The van der Waals surface area contributed by atoms with Crippen LogP contribution in [0, 0.1) is 0 Å². The first-order chi connectivity index (χ1) is 9.23. The molecule has 4 heteroatoms. The second kappa shape index (κ2) is 4.53. The number of imide groups is 1. The third-order valence-electron chi connectivity index (χ3n) is 3.85. The Morgan fingerprint density at radius 1 is 1.05 bits per heavy atom. The second-order valence-electron chi connectivity index (χ2n) is 5.00. The zero-order valence-corrected chi connectivity index (χ0v) is 10.6. The van der Waals surface area contributed by atoms with Gasteiger partial charge in [0, 0.05) is 0 Å². The number of hydrogen-bond acceptors (Lipinski definition) is 2. The molecule has 1 atom stereocenters. The van der Waals surface area contributed by atoms with Gasteiger partial charge in [-0.15, -0.1) is 0 Å². The Morgan fingerprint density at radius 2 is 1.84 bits per heavy atom. The molecule has 19 heavy (non-hydrogen) atoms. The number of allylic oxidation sites excluding steroid dienone is 1. The predicted molar refractivity (Wildman–Crippen MR) is 71.3 cm³/mol. The third kappa shape index (κ3) is 1.84. The van der Waals surface area contributed by atoms with Gasteiger partial charge in [-0.1, -0.05) is 36.4 Å². The topological polar surface area (TPSA) is 58.2 Å². The number of hydrogen-bond donors (Lipinski definition) is 2. The van der Waals surface area contributed by atoms with E-state index in [1.165, 1.54) is 0 Å². The average molecular weight is 256 g/mol. The van der Waals surface area contributed by atoms with Crippen LogP contribution < -0.4 is 10.6 Å². The summed E-state index contributed by atoms with van der Waals surface area (Å²) in [7, 11) is 0. The smallest absolute Gasteiger partial charge is 0.316 e. The number of amides is 3. The quantitative estimate of drug-likeness (QED) is 0.629. The minimum atomic E-state index is -1.00. The molecule has 1 aromatic carbocycles. The van der Waals surface area contributed by atoms with Crippen LogP contribution in [0.5, 0.6) is 0 Å². The molecular weight excluding hydrogens is 240 g/mol. The van der Waals surface area contributed by atoms with Gasteiger partial charge < -0.3 is 5.32 Å². The number of urea groups is 1. The molecule has 3 rings (SSSR count). The first kappa shape index (κ1) is 12.0. The van der Waals surface area contributed by atoms with Crippen molar-refractivity contribution in [2.45, 2.75) is 31.2 Å². The number of nitrogens with one attached hydrogen (secondary N) is 2. The van der Waals surface area contributed by atoms with Crippen molar-refractivity contribution in [2.75, 3.05) is 0 Å². The average Bonchev–Trinajstić information content (AvgIpc) is 2.76. The molecule has 0 aromatic heterocycles. The monoisotopic (exact) mass is 256 g/mol. The van der Waals surface area contributed by atoms with E-state index in [9.17, 15) is 9.59 Å². The summed E-state index contributed by atoms with van der Waals surface area (Å²) < 4.78 is 0. The van der Waals surface area contributed by atoms with Crippen LogP contribution in [0.2, 0.25) is 0 Å². The van der Waals surface area contributed by atoms with E-state index in [1.54, 1.807) is 0 Å². The van der Waals surface area contributed by atoms with Gasteiger partial charge >= 0.3 is 6.03 Å². The van der Waals surface area contributed by atoms with Gasteiger partial charge in [0.2, 0.25) is 0 Å². The van der Waals surface area contributed by atoms with Crippen molar-refractivity contribution in [1.82, 2.24) is 10.6 Å². The Bertz CT molecular complexity index is 551. The van der Waals surface area contributed by atoms with Gasteiger partial charge in [-0.3, -0.25) is 10.1 Å². The molecule has 4 nitrogen and oxygen atoms in total. The van der Waals surface area contributed by atoms with E-state index in [2.05, 4.69) is 16.7 Å². The fraction of sp³-hybridized carbons (Fsp3) is 0.333. The molecule has 1 saturated heterocycles. The van der Waals surface area contributed by atoms with Crippen molar-refractivity contribution in [3.05, 3.63) is 47.5 Å². The van der Waals surface area contributed by atoms with Gasteiger partial charge in [0.15, 0.2) is 5.54 Å². The lowest BCUT2D eigenvalue weighted by atomic mass is 9.78. The lowest BCUT2D eigenvalue weighted by Crippen LogP contribution is -2.46. The molecule has 1 heterocycles. The van der Waals surface area contributed by atoms with Gasteiger partial charge in [-0.05, 0) is 36.8 Å². The molecule has 2 aliphatic rings. The molecule has 3 amide bonds. The fourth-order valence-corrected chi connectivity index (χ4v) is 2.94. The molecule has 1 aliphatic carbocycles. The van der Waals surface area contributed by atoms with E-state index >= 15 is 0 Å². The Morgan fingerprint density at radius 3 is 2.42 bits per heavy atom. The normalized spacial score (nSPS) is 26.6. The summed E-state index contributed by atoms with van der Waals surface area (Å²) in [5.41, 5.74) is 0.832. The molecule has 0 bridgehead atoms. The standard InChI is InChI=1S/C15H16N2O2/c18-13-15(17-14(19)16-13,11-7-3-1-4-8-11)12-9-5-2-6-10-12/h1,3-4,7-9H,2,5-6,10H2,(H2,16,17,18,19). The number of carbonyl (C=O) groups excluding carboxylic acids is 2. The van der Waals surface area contributed by atoms with Crippen molar-refractivity contribution in [3.8, 4) is 0 Å². The summed E-state index contributed by atoms with van der Waals surface area (Å²) in [5, 5.41) is 5.21. The highest BCUT2D eigenvalue weighted by Gasteiger charge is 2.50. The summed E-state index contributed by atoms with van der Waals surface area (Å²) in [6.45, 7) is 0. The van der Waals surface area contributed by atoms with Crippen molar-refractivity contribution in [1.29, 1.82) is 0 Å². The van der Waals surface area contributed by atoms with E-state index in [0.717, 1.165) is 36.8 Å². The summed E-state index contributed by atoms with van der Waals surface area (Å²) >= 11 is 0. The van der Waals surface area contributed by atoms with E-state index in [0.29, 0.717) is 0 Å². The molecule has 2 N–H and O–H groups in total. The van der Waals surface area contributed by atoms with E-state index < -0.39 is 11.6 Å². The van der Waals surface area contributed by atoms with Crippen LogP contribution in [0.4, 0.5) is 4.79 Å². The molecular formula is C15H16N2O2. The molecule has 1 fully saturated rings. The Kier molecular flexibility index (Phi) is 2.85. The lowest BCUT2D eigenvalue weighted by Gasteiger charge is -2.31. The van der Waals surface area contributed by atoms with E-state index in [4.69, 9.17) is 0 Å².